The third kappa shape index (κ3) is 4.63. The van der Waals surface area contributed by atoms with E-state index in [4.69, 9.17) is 16.3 Å². The Hall–Kier alpha value is -3.71. The average molecular weight is 452 g/mol. The first kappa shape index (κ1) is 21.5. The minimum Gasteiger partial charge on any atom is -0.495 e. The Morgan fingerprint density at radius 3 is 2.66 bits per heavy atom. The molecule has 6 nitrogen and oxygen atoms in total. The molecule has 0 radical (unpaired) electrons. The lowest BCUT2D eigenvalue weighted by atomic mass is 10.1. The molecular formula is C24H19ClFN3O3. The zero-order chi connectivity index (χ0) is 22.7. The fourth-order valence-corrected chi connectivity index (χ4v) is 3.61. The summed E-state index contributed by atoms with van der Waals surface area (Å²) in [6.45, 7) is -0.224. The van der Waals surface area contributed by atoms with Gasteiger partial charge in [-0.05, 0) is 48.0 Å². The molecule has 1 aliphatic heterocycles. The molecule has 1 aliphatic rings. The molecule has 0 fully saturated rings. The number of para-hydroxylation sites is 2. The van der Waals surface area contributed by atoms with Gasteiger partial charge in [0.1, 0.15) is 18.1 Å². The van der Waals surface area contributed by atoms with Gasteiger partial charge in [0.15, 0.2) is 0 Å². The van der Waals surface area contributed by atoms with Crippen LogP contribution in [0.3, 0.4) is 0 Å². The molecule has 32 heavy (non-hydrogen) atoms. The molecule has 0 aliphatic carbocycles. The Kier molecular flexibility index (Phi) is 6.18. The highest BCUT2D eigenvalue weighted by atomic mass is 35.5. The molecular weight excluding hydrogens is 433 g/mol. The molecule has 1 heterocycles. The number of carbonyl (C=O) groups is 2. The Morgan fingerprint density at radius 1 is 1.16 bits per heavy atom. The molecule has 0 bridgehead atoms. The van der Waals surface area contributed by atoms with Gasteiger partial charge in [-0.1, -0.05) is 35.9 Å². The van der Waals surface area contributed by atoms with E-state index in [-0.39, 0.29) is 24.7 Å². The Balaban J connectivity index is 1.61. The second-order valence-electron chi connectivity index (χ2n) is 7.10. The summed E-state index contributed by atoms with van der Waals surface area (Å²) < 4.78 is 18.6. The number of nitrogens with one attached hydrogen (secondary N) is 1. The van der Waals surface area contributed by atoms with Crippen molar-refractivity contribution in [2.45, 2.75) is 6.42 Å². The molecule has 0 atom stereocenters. The SMILES string of the molecule is COc1ccc(Cl)cc1NC(=O)CN1C(=O)CC(c2ccc(F)cc2)=Nc2ccccc21. The smallest absolute Gasteiger partial charge is 0.244 e. The van der Waals surface area contributed by atoms with E-state index in [0.29, 0.717) is 39.1 Å². The summed E-state index contributed by atoms with van der Waals surface area (Å²) >= 11 is 6.03. The molecule has 0 aromatic heterocycles. The van der Waals surface area contributed by atoms with Crippen LogP contribution in [0.25, 0.3) is 0 Å². The van der Waals surface area contributed by atoms with Gasteiger partial charge in [-0.3, -0.25) is 14.6 Å². The standard InChI is InChI=1S/C24H19ClFN3O3/c1-32-22-11-8-16(25)12-20(22)28-23(30)14-29-21-5-3-2-4-18(21)27-19(13-24(29)31)15-6-9-17(26)10-7-15/h2-12H,13-14H2,1H3,(H,28,30). The first-order valence-electron chi connectivity index (χ1n) is 9.81. The summed E-state index contributed by atoms with van der Waals surface area (Å²) in [6.07, 6.45) is -0.0337. The van der Waals surface area contributed by atoms with Crippen molar-refractivity contribution in [2.24, 2.45) is 4.99 Å². The summed E-state index contributed by atoms with van der Waals surface area (Å²) in [5.41, 5.74) is 2.61. The van der Waals surface area contributed by atoms with Gasteiger partial charge < -0.3 is 15.0 Å². The van der Waals surface area contributed by atoms with Crippen LogP contribution in [-0.4, -0.2) is 31.2 Å². The molecule has 0 unspecified atom stereocenters. The maximum absolute atomic E-state index is 13.3. The van der Waals surface area contributed by atoms with Crippen LogP contribution in [0.4, 0.5) is 21.5 Å². The van der Waals surface area contributed by atoms with Crippen molar-refractivity contribution >= 4 is 46.2 Å². The van der Waals surface area contributed by atoms with Crippen molar-refractivity contribution in [1.82, 2.24) is 0 Å². The van der Waals surface area contributed by atoms with Gasteiger partial charge in [-0.2, -0.15) is 0 Å². The van der Waals surface area contributed by atoms with Crippen molar-refractivity contribution in [3.8, 4) is 5.75 Å². The number of hydrogen-bond donors (Lipinski definition) is 1. The predicted molar refractivity (Wildman–Crippen MR) is 123 cm³/mol. The van der Waals surface area contributed by atoms with Crippen molar-refractivity contribution in [3.63, 3.8) is 0 Å². The number of carbonyl (C=O) groups excluding carboxylic acids is 2. The molecule has 162 valence electrons. The molecule has 1 N–H and O–H groups in total. The number of amides is 2. The van der Waals surface area contributed by atoms with Gasteiger partial charge in [-0.25, -0.2) is 4.39 Å². The van der Waals surface area contributed by atoms with Crippen molar-refractivity contribution < 1.29 is 18.7 Å². The molecule has 2 amide bonds. The van der Waals surface area contributed by atoms with E-state index in [9.17, 15) is 14.0 Å². The zero-order valence-electron chi connectivity index (χ0n) is 17.1. The minimum atomic E-state index is -0.418. The number of aliphatic imine (C=N–C) groups is 1. The third-order valence-corrected chi connectivity index (χ3v) is 5.20. The van der Waals surface area contributed by atoms with Crippen molar-refractivity contribution in [2.75, 3.05) is 23.9 Å². The number of halogens is 2. The quantitative estimate of drug-likeness (QED) is 0.594. The van der Waals surface area contributed by atoms with E-state index in [0.717, 1.165) is 0 Å². The number of ether oxygens (including phenoxy) is 1. The number of benzene rings is 3. The second kappa shape index (κ2) is 9.20. The van der Waals surface area contributed by atoms with E-state index < -0.39 is 5.91 Å². The molecule has 0 saturated carbocycles. The van der Waals surface area contributed by atoms with Crippen LogP contribution < -0.4 is 15.0 Å². The van der Waals surface area contributed by atoms with E-state index in [1.165, 1.54) is 24.1 Å². The number of rotatable bonds is 5. The number of anilines is 2. The fraction of sp³-hybridized carbons (Fsp3) is 0.125. The highest BCUT2D eigenvalue weighted by Crippen LogP contribution is 2.33. The maximum atomic E-state index is 13.3. The van der Waals surface area contributed by atoms with Crippen LogP contribution in [-0.2, 0) is 9.59 Å². The van der Waals surface area contributed by atoms with Gasteiger partial charge in [0.25, 0.3) is 0 Å². The Labute approximate surface area is 189 Å². The predicted octanol–water partition coefficient (Wildman–Crippen LogP) is 4.98. The first-order chi connectivity index (χ1) is 15.4. The lowest BCUT2D eigenvalue weighted by molar-refractivity contribution is -0.120. The fourth-order valence-electron chi connectivity index (χ4n) is 3.44. The molecule has 3 aromatic rings. The lowest BCUT2D eigenvalue weighted by Crippen LogP contribution is -2.38. The van der Waals surface area contributed by atoms with Crippen molar-refractivity contribution in [3.05, 3.63) is 83.1 Å². The van der Waals surface area contributed by atoms with Crippen molar-refractivity contribution in [1.29, 1.82) is 0 Å². The van der Waals surface area contributed by atoms with Gasteiger partial charge >= 0.3 is 0 Å². The summed E-state index contributed by atoms with van der Waals surface area (Å²) in [7, 11) is 1.49. The topological polar surface area (TPSA) is 71.0 Å². The van der Waals surface area contributed by atoms with E-state index in [2.05, 4.69) is 10.3 Å². The van der Waals surface area contributed by atoms with Gasteiger partial charge in [0, 0.05) is 5.02 Å². The van der Waals surface area contributed by atoms with Crippen LogP contribution >= 0.6 is 11.6 Å². The third-order valence-electron chi connectivity index (χ3n) is 4.96. The van der Waals surface area contributed by atoms with Gasteiger partial charge in [-0.15, -0.1) is 0 Å². The van der Waals surface area contributed by atoms with Gasteiger partial charge in [0.2, 0.25) is 11.8 Å². The Morgan fingerprint density at radius 2 is 1.91 bits per heavy atom. The summed E-state index contributed by atoms with van der Waals surface area (Å²) in [6, 6.07) is 17.8. The Bertz CT molecular complexity index is 1210. The number of hydrogen-bond acceptors (Lipinski definition) is 4. The van der Waals surface area contributed by atoms with E-state index in [1.54, 1.807) is 54.6 Å². The minimum absolute atomic E-state index is 0.0337. The second-order valence-corrected chi connectivity index (χ2v) is 7.54. The first-order valence-corrected chi connectivity index (χ1v) is 10.2. The molecule has 4 rings (SSSR count). The van der Waals surface area contributed by atoms with E-state index >= 15 is 0 Å². The number of methoxy groups -OCH3 is 1. The largest absolute Gasteiger partial charge is 0.495 e. The van der Waals surface area contributed by atoms with Gasteiger partial charge in [0.05, 0.1) is 36.3 Å². The molecule has 0 saturated heterocycles. The molecule has 0 spiro atoms. The summed E-state index contributed by atoms with van der Waals surface area (Å²) in [5.74, 6) is -0.637. The molecule has 3 aromatic carbocycles. The number of nitrogens with zero attached hydrogens (tertiary/aromatic N) is 2. The lowest BCUT2D eigenvalue weighted by Gasteiger charge is -2.22. The summed E-state index contributed by atoms with van der Waals surface area (Å²) in [4.78, 5) is 32.0. The highest BCUT2D eigenvalue weighted by molar-refractivity contribution is 6.31. The summed E-state index contributed by atoms with van der Waals surface area (Å²) in [5, 5.41) is 3.19. The number of fused-ring (bicyclic) bond motifs is 1. The normalized spacial score (nSPS) is 13.2. The maximum Gasteiger partial charge on any atom is 0.244 e. The van der Waals surface area contributed by atoms with E-state index in [1.807, 2.05) is 0 Å². The average Bonchev–Trinajstić information content (AvgIpc) is 2.91. The van der Waals surface area contributed by atoms with Crippen LogP contribution in [0.5, 0.6) is 5.75 Å². The highest BCUT2D eigenvalue weighted by Gasteiger charge is 2.27. The molecule has 8 heteroatoms. The van der Waals surface area contributed by atoms with Crippen LogP contribution in [0, 0.1) is 5.82 Å². The van der Waals surface area contributed by atoms with Crippen LogP contribution in [0.1, 0.15) is 12.0 Å². The zero-order valence-corrected chi connectivity index (χ0v) is 17.9. The van der Waals surface area contributed by atoms with Crippen LogP contribution in [0.2, 0.25) is 5.02 Å². The monoisotopic (exact) mass is 451 g/mol. The van der Waals surface area contributed by atoms with Crippen LogP contribution in [0.15, 0.2) is 71.7 Å².